The van der Waals surface area contributed by atoms with Crippen molar-refractivity contribution in [3.8, 4) is 11.1 Å². The molecule has 3 N–H and O–H groups in total. The fraction of sp³-hybridized carbons (Fsp3) is 0.333. The van der Waals surface area contributed by atoms with Gasteiger partial charge in [0.2, 0.25) is 11.6 Å². The lowest BCUT2D eigenvalue weighted by molar-refractivity contribution is 0.278. The monoisotopic (exact) mass is 512 g/mol. The topological polar surface area (TPSA) is 60.7 Å². The second kappa shape index (κ2) is 13.6. The van der Waals surface area contributed by atoms with E-state index in [1.54, 1.807) is 0 Å². The zero-order valence-corrected chi connectivity index (χ0v) is 18.6. The highest BCUT2D eigenvalue weighted by Crippen LogP contribution is 2.37. The summed E-state index contributed by atoms with van der Waals surface area (Å²) >= 11 is 0. The standard InChI is InChI=1S/C12F10.C6H16Si.BH3O3/c13-3-1(4(14)8(18)11(21)7(3)17)2-5(15)9(19)12(22)10(20)6(2)16;1-4-7(5-2)6-3;2-1(3)4/h;7H,4-6H2,1-3H3;2-4H. The van der Waals surface area contributed by atoms with E-state index in [1.165, 1.54) is 18.1 Å². The fourth-order valence-corrected chi connectivity index (χ4v) is 4.25. The first-order chi connectivity index (χ1) is 15.2. The molecule has 0 saturated heterocycles. The summed E-state index contributed by atoms with van der Waals surface area (Å²) in [6, 6.07) is 4.48. The van der Waals surface area contributed by atoms with Gasteiger partial charge in [-0.15, -0.1) is 0 Å². The Balaban J connectivity index is 0.000000776. The maximum absolute atomic E-state index is 13.4. The van der Waals surface area contributed by atoms with Gasteiger partial charge in [0.15, 0.2) is 46.5 Å². The van der Waals surface area contributed by atoms with E-state index in [-0.39, 0.29) is 8.80 Å². The smallest absolute Gasteiger partial charge is 0.402 e. The molecule has 2 aromatic rings. The average molecular weight is 512 g/mol. The van der Waals surface area contributed by atoms with Crippen molar-refractivity contribution in [1.82, 2.24) is 0 Å². The van der Waals surface area contributed by atoms with Crippen molar-refractivity contribution in [1.29, 1.82) is 0 Å². The van der Waals surface area contributed by atoms with Crippen molar-refractivity contribution in [2.45, 2.75) is 38.9 Å². The molecule has 2 aromatic carbocycles. The highest BCUT2D eigenvalue weighted by atomic mass is 28.3. The van der Waals surface area contributed by atoms with E-state index in [0.717, 1.165) is 0 Å². The lowest BCUT2D eigenvalue weighted by Crippen LogP contribution is -2.10. The largest absolute Gasteiger partial charge is 0.631 e. The molecule has 0 aliphatic rings. The van der Waals surface area contributed by atoms with Crippen LogP contribution in [0, 0.1) is 58.2 Å². The molecule has 0 amide bonds. The van der Waals surface area contributed by atoms with Gasteiger partial charge in [-0.25, -0.2) is 43.9 Å². The lowest BCUT2D eigenvalue weighted by atomic mass is 10.0. The zero-order valence-electron chi connectivity index (χ0n) is 17.4. The summed E-state index contributed by atoms with van der Waals surface area (Å²) in [6.45, 7) is 6.97. The van der Waals surface area contributed by atoms with Crippen LogP contribution in [0.4, 0.5) is 43.9 Å². The van der Waals surface area contributed by atoms with E-state index in [4.69, 9.17) is 15.1 Å². The van der Waals surface area contributed by atoms with E-state index >= 15 is 0 Å². The minimum Gasteiger partial charge on any atom is -0.402 e. The Morgan fingerprint density at radius 3 is 0.727 bits per heavy atom. The summed E-state index contributed by atoms with van der Waals surface area (Å²) in [5.74, 6) is -26.6. The van der Waals surface area contributed by atoms with Gasteiger partial charge in [0, 0.05) is 8.80 Å². The van der Waals surface area contributed by atoms with Crippen molar-refractivity contribution < 1.29 is 59.0 Å². The SMILES string of the molecule is CC[SiH](CC)CC.Fc1c(F)c(F)c(-c2c(F)c(F)c(F)c(F)c2F)c(F)c1F.OB(O)O. The van der Waals surface area contributed by atoms with Crippen molar-refractivity contribution in [2.24, 2.45) is 0 Å². The van der Waals surface area contributed by atoms with Gasteiger partial charge < -0.3 is 15.1 Å². The summed E-state index contributed by atoms with van der Waals surface area (Å²) in [4.78, 5) is 0. The highest BCUT2D eigenvalue weighted by molar-refractivity contribution is 6.58. The Hall–Kier alpha value is -2.10. The van der Waals surface area contributed by atoms with E-state index in [9.17, 15) is 43.9 Å². The molecule has 0 aromatic heterocycles. The van der Waals surface area contributed by atoms with Crippen LogP contribution in [0.5, 0.6) is 0 Å². The minimum absolute atomic E-state index is 0.171. The molecule has 0 bridgehead atoms. The minimum atomic E-state index is -2.68. The highest BCUT2D eigenvalue weighted by Gasteiger charge is 2.34. The molecule has 0 saturated carbocycles. The van der Waals surface area contributed by atoms with Gasteiger partial charge >= 0.3 is 7.32 Å². The molecule has 0 heterocycles. The Kier molecular flexibility index (Phi) is 12.7. The Labute approximate surface area is 184 Å². The molecule has 0 aliphatic heterocycles. The second-order valence-corrected chi connectivity index (χ2v) is 10.5. The van der Waals surface area contributed by atoms with Crippen LogP contribution < -0.4 is 0 Å². The number of halogens is 10. The van der Waals surface area contributed by atoms with Crippen molar-refractivity contribution in [3.05, 3.63) is 58.2 Å². The average Bonchev–Trinajstić information content (AvgIpc) is 2.77. The van der Waals surface area contributed by atoms with E-state index in [0.29, 0.717) is 0 Å². The summed E-state index contributed by atoms with van der Waals surface area (Å²) in [5, 5.41) is 21.5. The van der Waals surface area contributed by atoms with Gasteiger partial charge in [0.1, 0.15) is 0 Å². The molecule has 2 rings (SSSR count). The molecule has 186 valence electrons. The van der Waals surface area contributed by atoms with Crippen molar-refractivity contribution in [3.63, 3.8) is 0 Å². The third kappa shape index (κ3) is 7.45. The van der Waals surface area contributed by atoms with Gasteiger partial charge in [0.05, 0.1) is 11.1 Å². The van der Waals surface area contributed by atoms with Gasteiger partial charge in [-0.1, -0.05) is 38.9 Å². The molecule has 33 heavy (non-hydrogen) atoms. The van der Waals surface area contributed by atoms with Crippen LogP contribution >= 0.6 is 0 Å². The predicted molar refractivity (Wildman–Crippen MR) is 102 cm³/mol. The molecule has 15 heteroatoms. The van der Waals surface area contributed by atoms with Crippen LogP contribution in [0.3, 0.4) is 0 Å². The molecule has 0 fully saturated rings. The van der Waals surface area contributed by atoms with Gasteiger partial charge in [-0.05, 0) is 0 Å². The van der Waals surface area contributed by atoms with Crippen LogP contribution in [-0.4, -0.2) is 31.2 Å². The number of hydrogen-bond donors (Lipinski definition) is 3. The summed E-state index contributed by atoms with van der Waals surface area (Å²) in [5.41, 5.74) is -4.52. The number of rotatable bonds is 4. The third-order valence-electron chi connectivity index (χ3n) is 4.40. The van der Waals surface area contributed by atoms with Crippen LogP contribution in [0.25, 0.3) is 11.1 Å². The molecule has 0 spiro atoms. The lowest BCUT2D eigenvalue weighted by Gasteiger charge is -2.11. The second-order valence-electron chi connectivity index (χ2n) is 6.33. The first-order valence-electron chi connectivity index (χ1n) is 9.26. The Morgan fingerprint density at radius 1 is 0.455 bits per heavy atom. The molecule has 0 atom stereocenters. The maximum atomic E-state index is 13.4. The number of hydrogen-bond acceptors (Lipinski definition) is 3. The predicted octanol–water partition coefficient (Wildman–Crippen LogP) is 4.97. The van der Waals surface area contributed by atoms with Gasteiger partial charge in [-0.3, -0.25) is 0 Å². The Morgan fingerprint density at radius 2 is 0.606 bits per heavy atom. The third-order valence-corrected chi connectivity index (χ3v) is 7.87. The number of benzene rings is 2. The van der Waals surface area contributed by atoms with Crippen LogP contribution in [0.2, 0.25) is 18.1 Å². The molecular weight excluding hydrogens is 493 g/mol. The van der Waals surface area contributed by atoms with Crippen LogP contribution in [0.15, 0.2) is 0 Å². The Bertz CT molecular complexity index is 824. The molecule has 3 nitrogen and oxygen atoms in total. The first-order valence-corrected chi connectivity index (χ1v) is 11.7. The zero-order chi connectivity index (χ0) is 26.2. The molecule has 0 unspecified atom stereocenters. The fourth-order valence-electron chi connectivity index (χ4n) is 2.51. The van der Waals surface area contributed by atoms with E-state index in [1.807, 2.05) is 0 Å². The maximum Gasteiger partial charge on any atom is 0.631 e. The van der Waals surface area contributed by atoms with Gasteiger partial charge in [0.25, 0.3) is 0 Å². The van der Waals surface area contributed by atoms with Crippen LogP contribution in [-0.2, 0) is 0 Å². The summed E-state index contributed by atoms with van der Waals surface area (Å²) in [6.07, 6.45) is 0. The molecule has 0 aliphatic carbocycles. The summed E-state index contributed by atoms with van der Waals surface area (Å²) < 4.78 is 131. The normalized spacial score (nSPS) is 10.5. The molecule has 0 radical (unpaired) electrons. The summed E-state index contributed by atoms with van der Waals surface area (Å²) in [7, 11) is -2.34. The first kappa shape index (κ1) is 30.9. The van der Waals surface area contributed by atoms with E-state index < -0.39 is 76.6 Å². The van der Waals surface area contributed by atoms with Gasteiger partial charge in [-0.2, -0.15) is 0 Å². The van der Waals surface area contributed by atoms with Crippen LogP contribution in [0.1, 0.15) is 20.8 Å². The van der Waals surface area contributed by atoms with Crippen molar-refractivity contribution >= 4 is 16.1 Å². The van der Waals surface area contributed by atoms with E-state index in [2.05, 4.69) is 20.8 Å². The van der Waals surface area contributed by atoms with Crippen molar-refractivity contribution in [2.75, 3.05) is 0 Å². The quantitative estimate of drug-likeness (QED) is 0.235. The molecular formula is C18H19BF10O3Si.